The molecule has 1 saturated heterocycles. The minimum absolute atomic E-state index is 0.0756. The van der Waals surface area contributed by atoms with Gasteiger partial charge in [-0.3, -0.25) is 14.5 Å². The number of carboxylic acids is 1. The largest absolute Gasteiger partial charge is 0.480 e. The van der Waals surface area contributed by atoms with Crippen molar-refractivity contribution in [3.63, 3.8) is 0 Å². The molecule has 168 valence electrons. The van der Waals surface area contributed by atoms with E-state index in [0.717, 1.165) is 16.6 Å². The van der Waals surface area contributed by atoms with Crippen molar-refractivity contribution in [2.24, 2.45) is 5.92 Å². The van der Waals surface area contributed by atoms with E-state index in [-0.39, 0.29) is 11.8 Å². The third kappa shape index (κ3) is 4.59. The Morgan fingerprint density at radius 2 is 1.84 bits per heavy atom. The summed E-state index contributed by atoms with van der Waals surface area (Å²) in [6.07, 6.45) is 1.76. The van der Waals surface area contributed by atoms with Crippen molar-refractivity contribution in [1.82, 2.24) is 9.88 Å². The van der Waals surface area contributed by atoms with Crippen molar-refractivity contribution in [3.05, 3.63) is 59.2 Å². The zero-order valence-corrected chi connectivity index (χ0v) is 18.9. The maximum absolute atomic E-state index is 12.3. The highest BCUT2D eigenvalue weighted by molar-refractivity contribution is 6.30. The van der Waals surface area contributed by atoms with Crippen LogP contribution in [0.15, 0.2) is 48.7 Å². The summed E-state index contributed by atoms with van der Waals surface area (Å²) in [5.41, 5.74) is 3.24. The molecule has 2 aromatic carbocycles. The van der Waals surface area contributed by atoms with Gasteiger partial charge in [0, 0.05) is 71.2 Å². The number of carboxylic acid groups (broad SMARTS) is 1. The molecule has 1 fully saturated rings. The van der Waals surface area contributed by atoms with E-state index in [2.05, 4.69) is 15.2 Å². The summed E-state index contributed by atoms with van der Waals surface area (Å²) >= 11 is 6.12. The van der Waals surface area contributed by atoms with Crippen LogP contribution in [-0.2, 0) is 9.59 Å². The molecule has 1 atom stereocenters. The monoisotopic (exact) mass is 454 g/mol. The number of aliphatic carboxylic acids is 1. The van der Waals surface area contributed by atoms with Crippen molar-refractivity contribution in [3.8, 4) is 0 Å². The third-order valence-corrected chi connectivity index (χ3v) is 6.12. The number of hydrogen-bond donors (Lipinski definition) is 3. The van der Waals surface area contributed by atoms with Crippen LogP contribution in [0.25, 0.3) is 10.9 Å². The van der Waals surface area contributed by atoms with Gasteiger partial charge in [-0.1, -0.05) is 31.5 Å². The van der Waals surface area contributed by atoms with Gasteiger partial charge in [0.25, 0.3) is 0 Å². The Morgan fingerprint density at radius 1 is 1.09 bits per heavy atom. The van der Waals surface area contributed by atoms with Gasteiger partial charge < -0.3 is 20.3 Å². The quantitative estimate of drug-likeness (QED) is 0.515. The van der Waals surface area contributed by atoms with E-state index in [4.69, 9.17) is 11.6 Å². The van der Waals surface area contributed by atoms with E-state index >= 15 is 0 Å². The van der Waals surface area contributed by atoms with Gasteiger partial charge in [-0.15, -0.1) is 0 Å². The molecule has 0 saturated carbocycles. The fraction of sp³-hybridized carbons (Fsp3) is 0.333. The lowest BCUT2D eigenvalue weighted by atomic mass is 10.0. The van der Waals surface area contributed by atoms with Gasteiger partial charge in [0.15, 0.2) is 0 Å². The number of halogens is 1. The van der Waals surface area contributed by atoms with Gasteiger partial charge in [-0.25, -0.2) is 0 Å². The Bertz CT molecular complexity index is 1140. The average molecular weight is 455 g/mol. The fourth-order valence-corrected chi connectivity index (χ4v) is 4.31. The van der Waals surface area contributed by atoms with Crippen LogP contribution >= 0.6 is 11.6 Å². The molecule has 8 heteroatoms. The Labute approximate surface area is 192 Å². The summed E-state index contributed by atoms with van der Waals surface area (Å²) in [4.78, 5) is 31.8. The summed E-state index contributed by atoms with van der Waals surface area (Å²) in [6, 6.07) is 12.5. The van der Waals surface area contributed by atoms with Crippen LogP contribution < -0.4 is 10.2 Å². The molecule has 0 spiro atoms. The number of amides is 1. The summed E-state index contributed by atoms with van der Waals surface area (Å²) in [6.45, 7) is 6.31. The number of aromatic nitrogens is 1. The third-order valence-electron chi connectivity index (χ3n) is 5.89. The standard InChI is InChI=1S/C24H27ClN4O3/c1-15(2)23(30)27-17-6-7-21-19(13-17)20(14-26-21)22(24(31)32)29-10-8-28(9-11-29)18-5-3-4-16(25)12-18/h3-7,12-15,22,26H,8-11H2,1-2H3,(H,27,30)(H,31,32). The summed E-state index contributed by atoms with van der Waals surface area (Å²) < 4.78 is 0. The zero-order valence-electron chi connectivity index (χ0n) is 18.1. The van der Waals surface area contributed by atoms with E-state index < -0.39 is 12.0 Å². The molecule has 1 aliphatic rings. The lowest BCUT2D eigenvalue weighted by molar-refractivity contribution is -0.143. The molecule has 3 aromatic rings. The normalized spacial score (nSPS) is 15.8. The highest BCUT2D eigenvalue weighted by Crippen LogP contribution is 2.32. The van der Waals surface area contributed by atoms with Gasteiger partial charge in [0.05, 0.1) is 0 Å². The topological polar surface area (TPSA) is 88.7 Å². The van der Waals surface area contributed by atoms with Crippen LogP contribution in [0.3, 0.4) is 0 Å². The molecule has 1 aromatic heterocycles. The van der Waals surface area contributed by atoms with E-state index in [1.807, 2.05) is 61.2 Å². The number of carbonyl (C=O) groups is 2. The number of hydrogen-bond acceptors (Lipinski definition) is 4. The molecule has 1 aliphatic heterocycles. The molecular weight excluding hydrogens is 428 g/mol. The number of nitrogens with zero attached hydrogens (tertiary/aromatic N) is 2. The zero-order chi connectivity index (χ0) is 22.8. The van der Waals surface area contributed by atoms with Crippen molar-refractivity contribution in [2.45, 2.75) is 19.9 Å². The number of fused-ring (bicyclic) bond motifs is 1. The first kappa shape index (κ1) is 22.2. The molecule has 32 heavy (non-hydrogen) atoms. The van der Waals surface area contributed by atoms with Crippen LogP contribution in [0, 0.1) is 5.92 Å². The van der Waals surface area contributed by atoms with Crippen molar-refractivity contribution in [1.29, 1.82) is 0 Å². The van der Waals surface area contributed by atoms with Crippen LogP contribution in [0.5, 0.6) is 0 Å². The lowest BCUT2D eigenvalue weighted by Gasteiger charge is -2.38. The van der Waals surface area contributed by atoms with Crippen LogP contribution in [0.2, 0.25) is 5.02 Å². The molecule has 3 N–H and O–H groups in total. The van der Waals surface area contributed by atoms with Crippen LogP contribution in [0.4, 0.5) is 11.4 Å². The Balaban J connectivity index is 1.56. The van der Waals surface area contributed by atoms with E-state index in [1.165, 1.54) is 0 Å². The Morgan fingerprint density at radius 3 is 2.50 bits per heavy atom. The number of benzene rings is 2. The van der Waals surface area contributed by atoms with Gasteiger partial charge in [-0.05, 0) is 36.4 Å². The average Bonchev–Trinajstić information content (AvgIpc) is 3.17. The van der Waals surface area contributed by atoms with Crippen LogP contribution in [0.1, 0.15) is 25.5 Å². The molecule has 0 bridgehead atoms. The smallest absolute Gasteiger partial charge is 0.325 e. The van der Waals surface area contributed by atoms with Crippen molar-refractivity contribution >= 4 is 45.8 Å². The summed E-state index contributed by atoms with van der Waals surface area (Å²) in [5.74, 6) is -1.11. The molecule has 0 aliphatic carbocycles. The first-order valence-electron chi connectivity index (χ1n) is 10.7. The van der Waals surface area contributed by atoms with Crippen molar-refractivity contribution in [2.75, 3.05) is 36.4 Å². The van der Waals surface area contributed by atoms with Gasteiger partial charge in [0.2, 0.25) is 5.91 Å². The maximum atomic E-state index is 12.3. The number of rotatable bonds is 6. The minimum Gasteiger partial charge on any atom is -0.480 e. The second-order valence-electron chi connectivity index (χ2n) is 8.39. The predicted octanol–water partition coefficient (Wildman–Crippen LogP) is 4.36. The van der Waals surface area contributed by atoms with Crippen molar-refractivity contribution < 1.29 is 14.7 Å². The molecule has 7 nitrogen and oxygen atoms in total. The van der Waals surface area contributed by atoms with E-state index in [9.17, 15) is 14.7 Å². The fourth-order valence-electron chi connectivity index (χ4n) is 4.13. The Hall–Kier alpha value is -3.03. The molecule has 2 heterocycles. The molecule has 1 amide bonds. The van der Waals surface area contributed by atoms with E-state index in [1.54, 1.807) is 6.20 Å². The predicted molar refractivity (Wildman–Crippen MR) is 127 cm³/mol. The first-order chi connectivity index (χ1) is 15.3. The number of anilines is 2. The molecule has 1 unspecified atom stereocenters. The molecular formula is C24H27ClN4O3. The first-order valence-corrected chi connectivity index (χ1v) is 11.1. The summed E-state index contributed by atoms with van der Waals surface area (Å²) in [7, 11) is 0. The number of aromatic amines is 1. The molecule has 0 radical (unpaired) electrons. The maximum Gasteiger partial charge on any atom is 0.325 e. The number of H-pyrrole nitrogens is 1. The highest BCUT2D eigenvalue weighted by atomic mass is 35.5. The second-order valence-corrected chi connectivity index (χ2v) is 8.83. The SMILES string of the molecule is CC(C)C(=O)Nc1ccc2[nH]cc(C(C(=O)O)N3CCN(c4cccc(Cl)c4)CC3)c2c1. The van der Waals surface area contributed by atoms with Crippen LogP contribution in [-0.4, -0.2) is 53.0 Å². The minimum atomic E-state index is -0.890. The number of piperazine rings is 1. The summed E-state index contributed by atoms with van der Waals surface area (Å²) in [5, 5.41) is 14.5. The van der Waals surface area contributed by atoms with Gasteiger partial charge in [-0.2, -0.15) is 0 Å². The molecule has 4 rings (SSSR count). The Kier molecular flexibility index (Phi) is 6.39. The number of carbonyl (C=O) groups excluding carboxylic acids is 1. The second kappa shape index (κ2) is 9.22. The highest BCUT2D eigenvalue weighted by Gasteiger charge is 2.32. The lowest BCUT2D eigenvalue weighted by Crippen LogP contribution is -2.49. The van der Waals surface area contributed by atoms with Gasteiger partial charge in [0.1, 0.15) is 6.04 Å². The number of nitrogens with one attached hydrogen (secondary N) is 2. The van der Waals surface area contributed by atoms with Gasteiger partial charge >= 0.3 is 5.97 Å². The van der Waals surface area contributed by atoms with E-state index in [0.29, 0.717) is 42.5 Å².